The lowest BCUT2D eigenvalue weighted by Crippen LogP contribution is -2.21. The van der Waals surface area contributed by atoms with Gasteiger partial charge in [-0.2, -0.15) is 0 Å². The Morgan fingerprint density at radius 2 is 1.45 bits per heavy atom. The van der Waals surface area contributed by atoms with Crippen LogP contribution in [0.2, 0.25) is 0 Å². The van der Waals surface area contributed by atoms with Gasteiger partial charge < -0.3 is 9.47 Å². The third kappa shape index (κ3) is 12.5. The first-order valence-electron chi connectivity index (χ1n) is 8.43. The minimum Gasteiger partial charge on any atom is -0.461 e. The maximum atomic E-state index is 11.4. The van der Waals surface area contributed by atoms with Gasteiger partial charge in [-0.3, -0.25) is 0 Å². The molecule has 20 heavy (non-hydrogen) atoms. The molecule has 0 bridgehead atoms. The van der Waals surface area contributed by atoms with Crippen LogP contribution >= 0.6 is 0 Å². The average molecular weight is 286 g/mol. The third-order valence-corrected chi connectivity index (χ3v) is 3.55. The van der Waals surface area contributed by atoms with Crippen LogP contribution in [0.15, 0.2) is 0 Å². The van der Waals surface area contributed by atoms with Gasteiger partial charge in [-0.15, -0.1) is 0 Å². The molecule has 0 saturated carbocycles. The van der Waals surface area contributed by atoms with Crippen LogP contribution in [0.25, 0.3) is 0 Å². The molecule has 0 aromatic carbocycles. The van der Waals surface area contributed by atoms with E-state index in [2.05, 4.69) is 13.8 Å². The number of rotatable bonds is 14. The maximum Gasteiger partial charge on any atom is 0.332 e. The zero-order valence-electron chi connectivity index (χ0n) is 13.8. The Hall–Kier alpha value is -0.570. The molecule has 1 unspecified atom stereocenters. The first-order chi connectivity index (χ1) is 9.74. The summed E-state index contributed by atoms with van der Waals surface area (Å²) in [7, 11) is 1.52. The molecule has 1 atom stereocenters. The van der Waals surface area contributed by atoms with Gasteiger partial charge in [-0.25, -0.2) is 4.79 Å². The highest BCUT2D eigenvalue weighted by Crippen LogP contribution is 2.14. The number of carbonyl (C=O) groups excluding carboxylic acids is 1. The minimum absolute atomic E-state index is 0.0671. The first-order valence-corrected chi connectivity index (χ1v) is 8.43. The molecule has 120 valence electrons. The smallest absolute Gasteiger partial charge is 0.332 e. The van der Waals surface area contributed by atoms with Crippen molar-refractivity contribution in [3.05, 3.63) is 0 Å². The van der Waals surface area contributed by atoms with Gasteiger partial charge in [0.05, 0.1) is 0 Å². The molecule has 0 fully saturated rings. The van der Waals surface area contributed by atoms with Crippen molar-refractivity contribution >= 4 is 5.97 Å². The third-order valence-electron chi connectivity index (χ3n) is 3.55. The Balaban J connectivity index is 3.57. The summed E-state index contributed by atoms with van der Waals surface area (Å²) in [4.78, 5) is 11.4. The second-order valence-corrected chi connectivity index (χ2v) is 5.60. The van der Waals surface area contributed by atoms with Crippen LogP contribution in [0.4, 0.5) is 0 Å². The lowest BCUT2D eigenvalue weighted by Gasteiger charge is -2.17. The Morgan fingerprint density at radius 3 is 2.00 bits per heavy atom. The van der Waals surface area contributed by atoms with E-state index in [1.54, 1.807) is 0 Å². The largest absolute Gasteiger partial charge is 0.461 e. The van der Waals surface area contributed by atoms with Crippen molar-refractivity contribution in [3.63, 3.8) is 0 Å². The highest BCUT2D eigenvalue weighted by Gasteiger charge is 2.12. The van der Waals surface area contributed by atoms with Crippen molar-refractivity contribution < 1.29 is 14.3 Å². The van der Waals surface area contributed by atoms with Crippen molar-refractivity contribution in [3.8, 4) is 0 Å². The van der Waals surface area contributed by atoms with Crippen LogP contribution in [0.5, 0.6) is 0 Å². The maximum absolute atomic E-state index is 11.4. The number of esters is 1. The molecule has 0 amide bonds. The normalized spacial score (nSPS) is 12.3. The second kappa shape index (κ2) is 14.8. The highest BCUT2D eigenvalue weighted by atomic mass is 16.6. The number of unbranched alkanes of at least 4 members (excludes halogenated alkanes) is 7. The van der Waals surface area contributed by atoms with E-state index in [0.29, 0.717) is 0 Å². The van der Waals surface area contributed by atoms with Gasteiger partial charge in [0.1, 0.15) is 12.7 Å². The van der Waals surface area contributed by atoms with Crippen LogP contribution < -0.4 is 0 Å². The van der Waals surface area contributed by atoms with E-state index in [1.807, 2.05) is 0 Å². The van der Waals surface area contributed by atoms with Gasteiger partial charge in [0, 0.05) is 7.11 Å². The van der Waals surface area contributed by atoms with E-state index in [1.165, 1.54) is 58.5 Å². The molecule has 0 radical (unpaired) electrons. The van der Waals surface area contributed by atoms with Gasteiger partial charge in [0.2, 0.25) is 0 Å². The molecule has 0 aliphatic rings. The zero-order valence-corrected chi connectivity index (χ0v) is 13.8. The Kier molecular flexibility index (Phi) is 14.4. The second-order valence-electron chi connectivity index (χ2n) is 5.60. The van der Waals surface area contributed by atoms with E-state index >= 15 is 0 Å². The molecule has 0 rings (SSSR count). The number of methoxy groups -OCH3 is 1. The van der Waals surface area contributed by atoms with Crippen molar-refractivity contribution in [2.24, 2.45) is 0 Å². The van der Waals surface area contributed by atoms with Crippen molar-refractivity contribution in [2.45, 2.75) is 90.6 Å². The fourth-order valence-corrected chi connectivity index (χ4v) is 2.43. The van der Waals surface area contributed by atoms with Crippen LogP contribution in [0.3, 0.4) is 0 Å². The fourth-order valence-electron chi connectivity index (χ4n) is 2.43. The van der Waals surface area contributed by atoms with Crippen molar-refractivity contribution in [1.82, 2.24) is 0 Å². The fraction of sp³-hybridized carbons (Fsp3) is 0.941. The summed E-state index contributed by atoms with van der Waals surface area (Å²) in [6.45, 7) is 4.45. The SMILES string of the molecule is CCCCCCCCCCC(CCC)OC(=O)COC. The molecule has 3 heteroatoms. The standard InChI is InChI=1S/C17H34O3/c1-4-6-7-8-9-10-11-12-14-16(13-5-2)20-17(18)15-19-3/h16H,4-15H2,1-3H3. The molecule has 0 aromatic rings. The lowest BCUT2D eigenvalue weighted by atomic mass is 10.0. The quantitative estimate of drug-likeness (QED) is 0.337. The van der Waals surface area contributed by atoms with E-state index in [4.69, 9.17) is 9.47 Å². The Morgan fingerprint density at radius 1 is 0.850 bits per heavy atom. The number of ether oxygens (including phenoxy) is 2. The predicted octanol–water partition coefficient (Wildman–Crippen LogP) is 4.88. The molecule has 0 saturated heterocycles. The van der Waals surface area contributed by atoms with Gasteiger partial charge in [0.15, 0.2) is 0 Å². The molecule has 0 spiro atoms. The van der Waals surface area contributed by atoms with Gasteiger partial charge >= 0.3 is 5.97 Å². The van der Waals surface area contributed by atoms with Crippen LogP contribution in [-0.4, -0.2) is 25.8 Å². The van der Waals surface area contributed by atoms with Gasteiger partial charge in [-0.1, -0.05) is 65.2 Å². The van der Waals surface area contributed by atoms with Crippen molar-refractivity contribution in [1.29, 1.82) is 0 Å². The van der Waals surface area contributed by atoms with E-state index in [-0.39, 0.29) is 18.7 Å². The molecular weight excluding hydrogens is 252 g/mol. The lowest BCUT2D eigenvalue weighted by molar-refractivity contribution is -0.154. The topological polar surface area (TPSA) is 35.5 Å². The average Bonchev–Trinajstić information content (AvgIpc) is 2.42. The monoisotopic (exact) mass is 286 g/mol. The minimum atomic E-state index is -0.231. The first kappa shape index (κ1) is 19.4. The van der Waals surface area contributed by atoms with E-state index in [9.17, 15) is 4.79 Å². The summed E-state index contributed by atoms with van der Waals surface area (Å²) in [5, 5.41) is 0. The van der Waals surface area contributed by atoms with E-state index < -0.39 is 0 Å². The van der Waals surface area contributed by atoms with Crippen LogP contribution in [-0.2, 0) is 14.3 Å². The summed E-state index contributed by atoms with van der Waals surface area (Å²) in [5.74, 6) is -0.231. The molecule has 0 heterocycles. The Labute approximate surface area is 125 Å². The van der Waals surface area contributed by atoms with Crippen LogP contribution in [0, 0.1) is 0 Å². The zero-order chi connectivity index (χ0) is 15.1. The predicted molar refractivity (Wildman–Crippen MR) is 83.9 cm³/mol. The molecule has 3 nitrogen and oxygen atoms in total. The summed E-state index contributed by atoms with van der Waals surface area (Å²) in [6.07, 6.45) is 13.6. The summed E-state index contributed by atoms with van der Waals surface area (Å²) in [6, 6.07) is 0. The number of hydrogen-bond acceptors (Lipinski definition) is 3. The molecule has 0 aliphatic carbocycles. The Bertz CT molecular complexity index is 216. The molecular formula is C17H34O3. The number of hydrogen-bond donors (Lipinski definition) is 0. The summed E-state index contributed by atoms with van der Waals surface area (Å²) < 4.78 is 10.2. The summed E-state index contributed by atoms with van der Waals surface area (Å²) >= 11 is 0. The van der Waals surface area contributed by atoms with Crippen LogP contribution in [0.1, 0.15) is 84.5 Å². The number of carbonyl (C=O) groups is 1. The molecule has 0 N–H and O–H groups in total. The van der Waals surface area contributed by atoms with Gasteiger partial charge in [0.25, 0.3) is 0 Å². The molecule has 0 aliphatic heterocycles. The molecule has 0 aromatic heterocycles. The van der Waals surface area contributed by atoms with E-state index in [0.717, 1.165) is 19.3 Å². The van der Waals surface area contributed by atoms with Crippen molar-refractivity contribution in [2.75, 3.05) is 13.7 Å². The van der Waals surface area contributed by atoms with Gasteiger partial charge in [-0.05, 0) is 19.3 Å². The highest BCUT2D eigenvalue weighted by molar-refractivity contribution is 5.70. The summed E-state index contributed by atoms with van der Waals surface area (Å²) in [5.41, 5.74) is 0.